The van der Waals surface area contributed by atoms with Crippen molar-refractivity contribution < 1.29 is 0 Å². The molecule has 0 aliphatic heterocycles. The number of hydrogen-bond acceptors (Lipinski definition) is 0. The van der Waals surface area contributed by atoms with Crippen LogP contribution in [0.25, 0.3) is 0 Å². The van der Waals surface area contributed by atoms with E-state index in [2.05, 4.69) is 0 Å². The molecule has 0 N–H and O–H groups in total. The van der Waals surface area contributed by atoms with E-state index in [1.54, 1.807) is 0 Å². The predicted octanol–water partition coefficient (Wildman–Crippen LogP) is 2.83. The third kappa shape index (κ3) is 2.39. The first-order chi connectivity index (χ1) is 5.17. The molecular weight excluding hydrogens is 240 g/mol. The van der Waals surface area contributed by atoms with Crippen LogP contribution in [-0.2, 0) is 0 Å². The van der Waals surface area contributed by atoms with Gasteiger partial charge >= 0.3 is 78.3 Å². The van der Waals surface area contributed by atoms with Gasteiger partial charge in [-0.1, -0.05) is 0 Å². The van der Waals surface area contributed by atoms with Crippen LogP contribution in [-0.4, -0.2) is 11.4 Å². The first-order valence-electron chi connectivity index (χ1n) is 3.60. The quantitative estimate of drug-likeness (QED) is 0.707. The molecule has 1 aromatic carbocycles. The minimum absolute atomic E-state index is 0.910. The van der Waals surface area contributed by atoms with Crippen LogP contribution >= 0.6 is 20.0 Å². The number of rotatable bonds is 2. The molecule has 0 aliphatic rings. The maximum absolute atomic E-state index is 6.20. The van der Waals surface area contributed by atoms with E-state index in [1.165, 1.54) is 0 Å². The summed E-state index contributed by atoms with van der Waals surface area (Å²) in [6, 6.07) is 9.98. The van der Waals surface area contributed by atoms with E-state index in [0.29, 0.717) is 0 Å². The summed E-state index contributed by atoms with van der Waals surface area (Å²) in [5.74, 6) is 0. The molecule has 1 aromatic rings. The molecule has 11 heavy (non-hydrogen) atoms. The van der Waals surface area contributed by atoms with Crippen molar-refractivity contribution in [3.8, 4) is 0 Å². The van der Waals surface area contributed by atoms with Crippen molar-refractivity contribution in [3.05, 3.63) is 30.3 Å². The molecule has 0 bridgehead atoms. The zero-order valence-electron chi connectivity index (χ0n) is 6.35. The molecule has 0 radical (unpaired) electrons. The van der Waals surface area contributed by atoms with E-state index < -0.39 is 11.4 Å². The van der Waals surface area contributed by atoms with E-state index in [0.717, 1.165) is 9.65 Å². The Bertz CT molecular complexity index is 221. The van der Waals surface area contributed by atoms with Gasteiger partial charge in [-0.2, -0.15) is 0 Å². The van der Waals surface area contributed by atoms with E-state index in [1.807, 2.05) is 37.3 Å². The molecule has 0 spiro atoms. The Morgan fingerprint density at radius 3 is 2.18 bits per heavy atom. The van der Waals surface area contributed by atoms with Crippen LogP contribution in [0.3, 0.4) is 0 Å². The summed E-state index contributed by atoms with van der Waals surface area (Å²) >= 11 is -2.59. The summed E-state index contributed by atoms with van der Waals surface area (Å²) < 4.78 is 1.15. The van der Waals surface area contributed by atoms with E-state index >= 15 is 0 Å². The second-order valence-electron chi connectivity index (χ2n) is 2.42. The van der Waals surface area contributed by atoms with Gasteiger partial charge in [0.15, 0.2) is 0 Å². The van der Waals surface area contributed by atoms with Crippen molar-refractivity contribution >= 4 is 35.8 Å². The molecular formula is C8H10Cl2Ge. The molecule has 60 valence electrons. The molecule has 0 saturated carbocycles. The SMILES string of the molecule is C[CH2][Ge]([Cl])([Cl])[c]1ccccc1. The van der Waals surface area contributed by atoms with Crippen molar-refractivity contribution in [2.75, 3.05) is 0 Å². The third-order valence-electron chi connectivity index (χ3n) is 1.64. The fourth-order valence-corrected chi connectivity index (χ4v) is 4.48. The average Bonchev–Trinajstić information content (AvgIpc) is 2.06. The Labute approximate surface area is 78.2 Å². The molecule has 0 heterocycles. The zero-order chi connectivity index (χ0) is 8.32. The summed E-state index contributed by atoms with van der Waals surface area (Å²) in [5, 5.41) is 0.910. The van der Waals surface area contributed by atoms with Gasteiger partial charge in [0, 0.05) is 0 Å². The summed E-state index contributed by atoms with van der Waals surface area (Å²) in [6.45, 7) is 2.05. The van der Waals surface area contributed by atoms with Crippen molar-refractivity contribution in [1.29, 1.82) is 0 Å². The van der Waals surface area contributed by atoms with Crippen LogP contribution in [0.2, 0.25) is 5.25 Å². The Balaban J connectivity index is 2.93. The fourth-order valence-electron chi connectivity index (χ4n) is 0.886. The molecule has 0 nitrogen and oxygen atoms in total. The normalized spacial score (nSPS) is 11.5. The van der Waals surface area contributed by atoms with Crippen molar-refractivity contribution in [2.45, 2.75) is 12.2 Å². The second-order valence-corrected chi connectivity index (χ2v) is 15.8. The number of benzene rings is 1. The Morgan fingerprint density at radius 2 is 1.73 bits per heavy atom. The minimum atomic E-state index is -2.59. The Morgan fingerprint density at radius 1 is 1.18 bits per heavy atom. The van der Waals surface area contributed by atoms with Crippen LogP contribution in [0, 0.1) is 0 Å². The van der Waals surface area contributed by atoms with Crippen LogP contribution < -0.4 is 4.40 Å². The monoisotopic (exact) mass is 250 g/mol. The van der Waals surface area contributed by atoms with Gasteiger partial charge in [0.25, 0.3) is 0 Å². The van der Waals surface area contributed by atoms with E-state index in [9.17, 15) is 0 Å². The summed E-state index contributed by atoms with van der Waals surface area (Å²) in [5.41, 5.74) is 0. The molecule has 0 amide bonds. The predicted molar refractivity (Wildman–Crippen MR) is 54.0 cm³/mol. The van der Waals surface area contributed by atoms with Gasteiger partial charge in [0.05, 0.1) is 0 Å². The maximum atomic E-state index is 6.20. The Hall–Kier alpha value is 0.343. The topological polar surface area (TPSA) is 0 Å². The fraction of sp³-hybridized carbons (Fsp3) is 0.250. The number of halogens is 2. The van der Waals surface area contributed by atoms with Gasteiger partial charge in [-0.3, -0.25) is 0 Å². The summed E-state index contributed by atoms with van der Waals surface area (Å²) in [4.78, 5) is 0. The molecule has 3 heteroatoms. The molecule has 0 saturated heterocycles. The first-order valence-corrected chi connectivity index (χ1v) is 11.6. The van der Waals surface area contributed by atoms with Crippen LogP contribution in [0.1, 0.15) is 6.92 Å². The molecule has 0 fully saturated rings. The summed E-state index contributed by atoms with van der Waals surface area (Å²) in [7, 11) is 12.4. The van der Waals surface area contributed by atoms with Crippen LogP contribution in [0.4, 0.5) is 0 Å². The van der Waals surface area contributed by atoms with Crippen LogP contribution in [0.5, 0.6) is 0 Å². The van der Waals surface area contributed by atoms with Gasteiger partial charge in [-0.05, 0) is 0 Å². The molecule has 0 unspecified atom stereocenters. The number of hydrogen-bond donors (Lipinski definition) is 0. The third-order valence-corrected chi connectivity index (χ3v) is 11.0. The van der Waals surface area contributed by atoms with Gasteiger partial charge in [0.1, 0.15) is 0 Å². The first kappa shape index (κ1) is 9.43. The molecule has 1 rings (SSSR count). The zero-order valence-corrected chi connectivity index (χ0v) is 9.96. The van der Waals surface area contributed by atoms with Gasteiger partial charge in [-0.25, -0.2) is 0 Å². The van der Waals surface area contributed by atoms with Crippen molar-refractivity contribution in [1.82, 2.24) is 0 Å². The van der Waals surface area contributed by atoms with Gasteiger partial charge < -0.3 is 0 Å². The standard InChI is InChI=1S/C8H10Cl2Ge/c1-2-11(9,10)8-6-4-3-5-7-8/h3-7H,2H2,1H3. The average molecular weight is 250 g/mol. The van der Waals surface area contributed by atoms with Gasteiger partial charge in [-0.15, -0.1) is 0 Å². The van der Waals surface area contributed by atoms with Crippen molar-refractivity contribution in [2.24, 2.45) is 0 Å². The van der Waals surface area contributed by atoms with E-state index in [4.69, 9.17) is 20.0 Å². The molecule has 0 atom stereocenters. The van der Waals surface area contributed by atoms with Crippen LogP contribution in [0.15, 0.2) is 30.3 Å². The van der Waals surface area contributed by atoms with Gasteiger partial charge in [0.2, 0.25) is 0 Å². The van der Waals surface area contributed by atoms with E-state index in [-0.39, 0.29) is 0 Å². The Kier molecular flexibility index (Phi) is 3.29. The molecule has 0 aliphatic carbocycles. The van der Waals surface area contributed by atoms with Crippen molar-refractivity contribution in [3.63, 3.8) is 0 Å². The second kappa shape index (κ2) is 3.84. The summed E-state index contributed by atoms with van der Waals surface area (Å²) in [6.07, 6.45) is 0. The molecule has 0 aromatic heterocycles.